The Morgan fingerprint density at radius 2 is 1.59 bits per heavy atom. The molecule has 0 radical (unpaired) electrons. The lowest BCUT2D eigenvalue weighted by Crippen LogP contribution is -2.15. The number of nitrogens with zero attached hydrogens (tertiary/aromatic N) is 3. The number of thioether (sulfide) groups is 1. The van der Waals surface area contributed by atoms with Crippen molar-refractivity contribution in [2.45, 2.75) is 25.4 Å². The Morgan fingerprint density at radius 3 is 2.29 bits per heavy atom. The van der Waals surface area contributed by atoms with Gasteiger partial charge in [0.15, 0.2) is 11.0 Å². The van der Waals surface area contributed by atoms with Gasteiger partial charge in [-0.05, 0) is 54.4 Å². The Bertz CT molecular complexity index is 1290. The van der Waals surface area contributed by atoms with Crippen LogP contribution in [0, 0.1) is 0 Å². The molecule has 0 spiro atoms. The molecule has 172 valence electrons. The van der Waals surface area contributed by atoms with Crippen LogP contribution in [-0.4, -0.2) is 32.3 Å². The number of nitrogens with one attached hydrogen (secondary N) is 2. The lowest BCUT2D eigenvalue weighted by molar-refractivity contribution is -0.114. The van der Waals surface area contributed by atoms with E-state index >= 15 is 0 Å². The number of hydrogen-bond acceptors (Lipinski definition) is 5. The first-order chi connectivity index (χ1) is 16.5. The van der Waals surface area contributed by atoms with Gasteiger partial charge in [0.05, 0.1) is 5.75 Å². The lowest BCUT2D eigenvalue weighted by atomic mass is 10.1. The van der Waals surface area contributed by atoms with Crippen LogP contribution in [0.2, 0.25) is 0 Å². The fraction of sp³-hybridized carbons (Fsp3) is 0.154. The molecule has 0 saturated carbocycles. The Kier molecular flexibility index (Phi) is 7.39. The third-order valence-electron chi connectivity index (χ3n) is 5.12. The van der Waals surface area contributed by atoms with Gasteiger partial charge in [-0.15, -0.1) is 10.2 Å². The summed E-state index contributed by atoms with van der Waals surface area (Å²) in [6.07, 6.45) is 0.843. The number of carbonyl (C=O) groups excluding carboxylic acids is 2. The molecule has 0 saturated heterocycles. The van der Waals surface area contributed by atoms with Crippen molar-refractivity contribution in [2.24, 2.45) is 0 Å². The van der Waals surface area contributed by atoms with Gasteiger partial charge in [-0.3, -0.25) is 14.2 Å². The van der Waals surface area contributed by atoms with Gasteiger partial charge in [0.1, 0.15) is 0 Å². The maximum atomic E-state index is 12.7. The van der Waals surface area contributed by atoms with Crippen LogP contribution < -0.4 is 10.6 Å². The summed E-state index contributed by atoms with van der Waals surface area (Å²) in [5, 5.41) is 15.2. The van der Waals surface area contributed by atoms with Crippen LogP contribution in [0.1, 0.15) is 19.4 Å². The molecule has 3 aromatic carbocycles. The van der Waals surface area contributed by atoms with Crippen LogP contribution in [-0.2, 0) is 16.0 Å². The number of aryl methyl sites for hydroxylation is 1. The molecular formula is C26H25N5O2S. The quantitative estimate of drug-likeness (QED) is 0.346. The minimum atomic E-state index is -0.126. The van der Waals surface area contributed by atoms with Crippen LogP contribution in [0.5, 0.6) is 0 Å². The van der Waals surface area contributed by atoms with E-state index in [4.69, 9.17) is 0 Å². The second-order valence-corrected chi connectivity index (χ2v) is 8.53. The van der Waals surface area contributed by atoms with Crippen LogP contribution in [0.25, 0.3) is 17.1 Å². The number of rotatable bonds is 8. The maximum absolute atomic E-state index is 12.7. The summed E-state index contributed by atoms with van der Waals surface area (Å²) >= 11 is 1.33. The van der Waals surface area contributed by atoms with Crippen molar-refractivity contribution in [3.63, 3.8) is 0 Å². The fourth-order valence-electron chi connectivity index (χ4n) is 3.53. The second kappa shape index (κ2) is 10.8. The summed E-state index contributed by atoms with van der Waals surface area (Å²) < 4.78 is 1.94. The zero-order chi connectivity index (χ0) is 23.9. The van der Waals surface area contributed by atoms with E-state index in [1.165, 1.54) is 18.7 Å². The molecule has 1 aromatic heterocycles. The number of amides is 2. The van der Waals surface area contributed by atoms with Gasteiger partial charge in [-0.1, -0.05) is 55.1 Å². The molecule has 0 aliphatic carbocycles. The van der Waals surface area contributed by atoms with E-state index in [0.717, 1.165) is 28.9 Å². The summed E-state index contributed by atoms with van der Waals surface area (Å²) in [5.41, 5.74) is 4.38. The van der Waals surface area contributed by atoms with Gasteiger partial charge in [-0.25, -0.2) is 0 Å². The molecule has 0 bridgehead atoms. The summed E-state index contributed by atoms with van der Waals surface area (Å²) in [5.74, 6) is 0.623. The van der Waals surface area contributed by atoms with Crippen molar-refractivity contribution in [3.8, 4) is 17.1 Å². The van der Waals surface area contributed by atoms with Gasteiger partial charge in [0, 0.05) is 29.5 Å². The summed E-state index contributed by atoms with van der Waals surface area (Å²) in [6, 6.07) is 25.0. The number of aromatic nitrogens is 3. The smallest absolute Gasteiger partial charge is 0.234 e. The van der Waals surface area contributed by atoms with Crippen molar-refractivity contribution in [2.75, 3.05) is 16.4 Å². The van der Waals surface area contributed by atoms with E-state index in [0.29, 0.717) is 16.7 Å². The van der Waals surface area contributed by atoms with Gasteiger partial charge in [0.25, 0.3) is 0 Å². The minimum absolute atomic E-state index is 0.102. The average Bonchev–Trinajstić information content (AvgIpc) is 3.28. The molecule has 0 unspecified atom stereocenters. The van der Waals surface area contributed by atoms with Crippen LogP contribution >= 0.6 is 11.8 Å². The molecule has 0 aliphatic rings. The lowest BCUT2D eigenvalue weighted by Gasteiger charge is -2.12. The van der Waals surface area contributed by atoms with Crippen LogP contribution in [0.3, 0.4) is 0 Å². The molecule has 0 aliphatic heterocycles. The molecule has 34 heavy (non-hydrogen) atoms. The van der Waals surface area contributed by atoms with E-state index in [1.807, 2.05) is 83.4 Å². The SMILES string of the molecule is CCc1ccccc1NC(=O)CSc1nnc(-c2ccc(NC(C)=O)cc2)n1-c1ccccc1. The van der Waals surface area contributed by atoms with Crippen molar-refractivity contribution >= 4 is 35.0 Å². The molecule has 8 heteroatoms. The average molecular weight is 472 g/mol. The highest BCUT2D eigenvalue weighted by atomic mass is 32.2. The van der Waals surface area contributed by atoms with Crippen molar-refractivity contribution in [1.82, 2.24) is 14.8 Å². The van der Waals surface area contributed by atoms with E-state index in [9.17, 15) is 9.59 Å². The van der Waals surface area contributed by atoms with E-state index in [1.54, 1.807) is 0 Å². The third-order valence-corrected chi connectivity index (χ3v) is 6.04. The first-order valence-corrected chi connectivity index (χ1v) is 11.9. The summed E-state index contributed by atoms with van der Waals surface area (Å²) in [4.78, 5) is 24.0. The molecule has 4 rings (SSSR count). The first-order valence-electron chi connectivity index (χ1n) is 10.9. The second-order valence-electron chi connectivity index (χ2n) is 7.58. The molecule has 1 heterocycles. The number of anilines is 2. The number of hydrogen-bond donors (Lipinski definition) is 2. The van der Waals surface area contributed by atoms with Gasteiger partial charge in [0.2, 0.25) is 11.8 Å². The minimum Gasteiger partial charge on any atom is -0.326 e. The van der Waals surface area contributed by atoms with Crippen LogP contribution in [0.4, 0.5) is 11.4 Å². The van der Waals surface area contributed by atoms with E-state index < -0.39 is 0 Å². The standard InChI is InChI=1S/C26H25N5O2S/c1-3-19-9-7-8-12-23(19)28-24(33)17-34-26-30-29-25(31(26)22-10-5-4-6-11-22)20-13-15-21(16-14-20)27-18(2)32/h4-16H,3,17H2,1-2H3,(H,27,32)(H,28,33). The Labute approximate surface area is 202 Å². The van der Waals surface area contributed by atoms with Gasteiger partial charge >= 0.3 is 0 Å². The fourth-order valence-corrected chi connectivity index (χ4v) is 4.28. The number of para-hydroxylation sites is 2. The monoisotopic (exact) mass is 471 g/mol. The zero-order valence-electron chi connectivity index (χ0n) is 19.0. The molecule has 0 atom stereocenters. The van der Waals surface area contributed by atoms with Gasteiger partial charge in [-0.2, -0.15) is 0 Å². The first kappa shape index (κ1) is 23.3. The Hall–Kier alpha value is -3.91. The van der Waals surface area contributed by atoms with E-state index in [2.05, 4.69) is 27.8 Å². The highest BCUT2D eigenvalue weighted by Crippen LogP contribution is 2.29. The Balaban J connectivity index is 1.57. The van der Waals surface area contributed by atoms with Crippen molar-refractivity contribution in [1.29, 1.82) is 0 Å². The normalized spacial score (nSPS) is 10.6. The molecule has 0 fully saturated rings. The largest absolute Gasteiger partial charge is 0.326 e. The van der Waals surface area contributed by atoms with Gasteiger partial charge < -0.3 is 10.6 Å². The van der Waals surface area contributed by atoms with Crippen molar-refractivity contribution in [3.05, 3.63) is 84.4 Å². The predicted octanol–water partition coefficient (Wildman–Crippen LogP) is 5.19. The van der Waals surface area contributed by atoms with Crippen molar-refractivity contribution < 1.29 is 9.59 Å². The molecule has 4 aromatic rings. The highest BCUT2D eigenvalue weighted by molar-refractivity contribution is 7.99. The molecular weight excluding hydrogens is 446 g/mol. The third kappa shape index (κ3) is 5.52. The van der Waals surface area contributed by atoms with Crippen LogP contribution in [0.15, 0.2) is 84.0 Å². The predicted molar refractivity (Wildman–Crippen MR) is 136 cm³/mol. The maximum Gasteiger partial charge on any atom is 0.234 e. The molecule has 7 nitrogen and oxygen atoms in total. The topological polar surface area (TPSA) is 88.9 Å². The number of carbonyl (C=O) groups is 2. The Morgan fingerprint density at radius 1 is 0.882 bits per heavy atom. The van der Waals surface area contributed by atoms with E-state index in [-0.39, 0.29) is 17.6 Å². The highest BCUT2D eigenvalue weighted by Gasteiger charge is 2.17. The summed E-state index contributed by atoms with van der Waals surface area (Å²) in [6.45, 7) is 3.53. The zero-order valence-corrected chi connectivity index (χ0v) is 19.8. The summed E-state index contributed by atoms with van der Waals surface area (Å²) in [7, 11) is 0. The number of benzene rings is 3. The molecule has 2 N–H and O–H groups in total. The molecule has 2 amide bonds.